The Bertz CT molecular complexity index is 748. The van der Waals surface area contributed by atoms with Gasteiger partial charge in [0.1, 0.15) is 4.90 Å². The Morgan fingerprint density at radius 3 is 2.23 bits per heavy atom. The molecular weight excluding hydrogens is 370 g/mol. The maximum Gasteiger partial charge on any atom is 0.242 e. The summed E-state index contributed by atoms with van der Waals surface area (Å²) >= 11 is 3.26. The standard InChI is InChI=1S/C15H16BrNO4S/c1-20-13-8-12(16)15(9-14(13)21-2)22(18,19)17-10-11-6-4-3-5-7-11/h3-9,17H,10H2,1-2H3. The first-order chi connectivity index (χ1) is 10.5. The zero-order valence-electron chi connectivity index (χ0n) is 12.2. The lowest BCUT2D eigenvalue weighted by Gasteiger charge is -2.13. The molecule has 0 atom stereocenters. The van der Waals surface area contributed by atoms with Gasteiger partial charge in [0.2, 0.25) is 10.0 Å². The van der Waals surface area contributed by atoms with Crippen molar-refractivity contribution in [2.24, 2.45) is 0 Å². The second-order valence-electron chi connectivity index (χ2n) is 4.45. The maximum atomic E-state index is 12.5. The molecule has 0 unspecified atom stereocenters. The van der Waals surface area contributed by atoms with Crippen LogP contribution >= 0.6 is 15.9 Å². The van der Waals surface area contributed by atoms with Crippen LogP contribution < -0.4 is 14.2 Å². The highest BCUT2D eigenvalue weighted by molar-refractivity contribution is 9.10. The summed E-state index contributed by atoms with van der Waals surface area (Å²) in [7, 11) is -0.729. The number of benzene rings is 2. The van der Waals surface area contributed by atoms with Gasteiger partial charge in [0.15, 0.2) is 11.5 Å². The van der Waals surface area contributed by atoms with E-state index in [9.17, 15) is 8.42 Å². The molecule has 0 radical (unpaired) electrons. The van der Waals surface area contributed by atoms with E-state index in [4.69, 9.17) is 9.47 Å². The fourth-order valence-electron chi connectivity index (χ4n) is 1.89. The van der Waals surface area contributed by atoms with E-state index >= 15 is 0 Å². The van der Waals surface area contributed by atoms with E-state index in [0.29, 0.717) is 16.0 Å². The number of hydrogen-bond acceptors (Lipinski definition) is 4. The predicted molar refractivity (Wildman–Crippen MR) is 87.7 cm³/mol. The molecule has 0 aliphatic heterocycles. The number of ether oxygens (including phenoxy) is 2. The molecule has 0 heterocycles. The molecule has 2 aromatic rings. The lowest BCUT2D eigenvalue weighted by Crippen LogP contribution is -2.23. The van der Waals surface area contributed by atoms with E-state index in [1.807, 2.05) is 30.3 Å². The molecule has 7 heteroatoms. The topological polar surface area (TPSA) is 64.6 Å². The van der Waals surface area contributed by atoms with E-state index in [1.165, 1.54) is 20.3 Å². The SMILES string of the molecule is COc1cc(Br)c(S(=O)(=O)NCc2ccccc2)cc1OC. The number of nitrogens with one attached hydrogen (secondary N) is 1. The number of halogens is 1. The molecule has 1 N–H and O–H groups in total. The molecule has 22 heavy (non-hydrogen) atoms. The minimum atomic E-state index is -3.68. The third-order valence-corrected chi connectivity index (χ3v) is 5.40. The molecule has 0 aliphatic carbocycles. The monoisotopic (exact) mass is 385 g/mol. The van der Waals surface area contributed by atoms with Crippen LogP contribution in [0.25, 0.3) is 0 Å². The van der Waals surface area contributed by atoms with E-state index in [1.54, 1.807) is 6.07 Å². The van der Waals surface area contributed by atoms with Crippen molar-refractivity contribution in [3.63, 3.8) is 0 Å². The maximum absolute atomic E-state index is 12.5. The Kier molecular flexibility index (Phi) is 5.44. The Hall–Kier alpha value is -1.57. The van der Waals surface area contributed by atoms with E-state index in [-0.39, 0.29) is 11.4 Å². The number of hydrogen-bond donors (Lipinski definition) is 1. The van der Waals surface area contributed by atoms with Gasteiger partial charge in [-0.3, -0.25) is 0 Å². The quantitative estimate of drug-likeness (QED) is 0.829. The Labute approximate surface area is 138 Å². The van der Waals surface area contributed by atoms with Crippen molar-refractivity contribution in [1.29, 1.82) is 0 Å². The molecule has 0 aliphatic rings. The minimum absolute atomic E-state index is 0.0982. The Morgan fingerprint density at radius 1 is 1.05 bits per heavy atom. The smallest absolute Gasteiger partial charge is 0.242 e. The van der Waals surface area contributed by atoms with Gasteiger partial charge in [0.05, 0.1) is 14.2 Å². The average Bonchev–Trinajstić information content (AvgIpc) is 2.53. The van der Waals surface area contributed by atoms with Crippen LogP contribution in [-0.4, -0.2) is 22.6 Å². The van der Waals surface area contributed by atoms with Crippen LogP contribution in [0.2, 0.25) is 0 Å². The van der Waals surface area contributed by atoms with Crippen molar-refractivity contribution in [2.75, 3.05) is 14.2 Å². The van der Waals surface area contributed by atoms with Crippen molar-refractivity contribution in [1.82, 2.24) is 4.72 Å². The van der Waals surface area contributed by atoms with Crippen LogP contribution in [0.1, 0.15) is 5.56 Å². The minimum Gasteiger partial charge on any atom is -0.493 e. The van der Waals surface area contributed by atoms with E-state index in [2.05, 4.69) is 20.7 Å². The number of methoxy groups -OCH3 is 2. The van der Waals surface area contributed by atoms with Crippen LogP contribution in [0.3, 0.4) is 0 Å². The van der Waals surface area contributed by atoms with Crippen LogP contribution in [0.15, 0.2) is 51.8 Å². The molecular formula is C15H16BrNO4S. The highest BCUT2D eigenvalue weighted by Gasteiger charge is 2.21. The molecule has 0 amide bonds. The van der Waals surface area contributed by atoms with Gasteiger partial charge in [-0.05, 0) is 27.6 Å². The van der Waals surface area contributed by atoms with Crippen molar-refractivity contribution >= 4 is 26.0 Å². The summed E-state index contributed by atoms with van der Waals surface area (Å²) in [5.41, 5.74) is 0.877. The van der Waals surface area contributed by atoms with Crippen molar-refractivity contribution < 1.29 is 17.9 Å². The predicted octanol–water partition coefficient (Wildman–Crippen LogP) is 2.94. The fourth-order valence-corrected chi connectivity index (χ4v) is 3.95. The highest BCUT2D eigenvalue weighted by Crippen LogP contribution is 2.35. The molecule has 0 saturated heterocycles. The van der Waals surface area contributed by atoms with Crippen LogP contribution in [0, 0.1) is 0 Å². The van der Waals surface area contributed by atoms with Gasteiger partial charge in [-0.15, -0.1) is 0 Å². The summed E-state index contributed by atoms with van der Waals surface area (Å²) in [6.45, 7) is 0.212. The van der Waals surface area contributed by atoms with Gasteiger partial charge in [-0.2, -0.15) is 0 Å². The van der Waals surface area contributed by atoms with Crippen LogP contribution in [0.4, 0.5) is 0 Å². The molecule has 2 rings (SSSR count). The molecule has 0 aromatic heterocycles. The van der Waals surface area contributed by atoms with Crippen LogP contribution in [-0.2, 0) is 16.6 Å². The second kappa shape index (κ2) is 7.13. The highest BCUT2D eigenvalue weighted by atomic mass is 79.9. The van der Waals surface area contributed by atoms with Gasteiger partial charge >= 0.3 is 0 Å². The third kappa shape index (κ3) is 3.79. The molecule has 2 aromatic carbocycles. The second-order valence-corrected chi connectivity index (χ2v) is 7.04. The summed E-state index contributed by atoms with van der Waals surface area (Å²) in [5.74, 6) is 0.808. The molecule has 0 saturated carbocycles. The average molecular weight is 386 g/mol. The van der Waals surface area contributed by atoms with Crippen molar-refractivity contribution in [2.45, 2.75) is 11.4 Å². The van der Waals surface area contributed by atoms with Gasteiger partial charge in [0, 0.05) is 17.1 Å². The summed E-state index contributed by atoms with van der Waals surface area (Å²) in [6, 6.07) is 12.3. The van der Waals surface area contributed by atoms with Gasteiger partial charge in [-0.1, -0.05) is 30.3 Å². The number of sulfonamides is 1. The van der Waals surface area contributed by atoms with Gasteiger partial charge in [0.25, 0.3) is 0 Å². The Balaban J connectivity index is 2.29. The first-order valence-corrected chi connectivity index (χ1v) is 8.70. The lowest BCUT2D eigenvalue weighted by atomic mass is 10.2. The van der Waals surface area contributed by atoms with Crippen molar-refractivity contribution in [3.05, 3.63) is 52.5 Å². The summed E-state index contributed by atoms with van der Waals surface area (Å²) in [6.07, 6.45) is 0. The summed E-state index contributed by atoms with van der Waals surface area (Å²) < 4.78 is 38.2. The molecule has 0 fully saturated rings. The van der Waals surface area contributed by atoms with Gasteiger partial charge < -0.3 is 9.47 Å². The van der Waals surface area contributed by atoms with Crippen LogP contribution in [0.5, 0.6) is 11.5 Å². The first kappa shape index (κ1) is 16.8. The van der Waals surface area contributed by atoms with Gasteiger partial charge in [-0.25, -0.2) is 13.1 Å². The largest absolute Gasteiger partial charge is 0.493 e. The zero-order chi connectivity index (χ0) is 16.2. The Morgan fingerprint density at radius 2 is 1.64 bits per heavy atom. The molecule has 0 bridgehead atoms. The summed E-state index contributed by atoms with van der Waals surface area (Å²) in [4.78, 5) is 0.0982. The van der Waals surface area contributed by atoms with Crippen molar-refractivity contribution in [3.8, 4) is 11.5 Å². The normalized spacial score (nSPS) is 11.2. The van der Waals surface area contributed by atoms with E-state index < -0.39 is 10.0 Å². The molecule has 118 valence electrons. The third-order valence-electron chi connectivity index (χ3n) is 3.04. The fraction of sp³-hybridized carbons (Fsp3) is 0.200. The molecule has 5 nitrogen and oxygen atoms in total. The number of rotatable bonds is 6. The molecule has 0 spiro atoms. The first-order valence-electron chi connectivity index (χ1n) is 6.43. The summed E-state index contributed by atoms with van der Waals surface area (Å²) in [5, 5.41) is 0. The van der Waals surface area contributed by atoms with E-state index in [0.717, 1.165) is 5.56 Å². The zero-order valence-corrected chi connectivity index (χ0v) is 14.6. The lowest BCUT2D eigenvalue weighted by molar-refractivity contribution is 0.353.